The summed E-state index contributed by atoms with van der Waals surface area (Å²) < 4.78 is 0. The first-order chi connectivity index (χ1) is 8.19. The molecule has 3 rings (SSSR count). The predicted molar refractivity (Wildman–Crippen MR) is 67.7 cm³/mol. The molecule has 3 nitrogen and oxygen atoms in total. The highest BCUT2D eigenvalue weighted by molar-refractivity contribution is 5.80. The summed E-state index contributed by atoms with van der Waals surface area (Å²) in [6.45, 7) is 4.19. The second-order valence-corrected chi connectivity index (χ2v) is 6.50. The van der Waals surface area contributed by atoms with E-state index < -0.39 is 0 Å². The van der Waals surface area contributed by atoms with Crippen molar-refractivity contribution in [2.24, 2.45) is 11.3 Å². The van der Waals surface area contributed by atoms with Gasteiger partial charge in [0.2, 0.25) is 5.91 Å². The maximum absolute atomic E-state index is 12.3. The summed E-state index contributed by atoms with van der Waals surface area (Å²) in [6.07, 6.45) is 7.97. The second-order valence-electron chi connectivity index (χ2n) is 6.50. The maximum atomic E-state index is 12.3. The minimum absolute atomic E-state index is 0.293. The van der Waals surface area contributed by atoms with Crippen LogP contribution in [0.4, 0.5) is 0 Å². The molecular weight excluding hydrogens is 212 g/mol. The molecule has 3 heteroatoms. The standard InChI is InChI=1S/C14H24N2O/c1-15-8-5-12(9-15)13(17)16-10-14(11-16)6-3-2-4-7-14/h12H,2-11H2,1H3/t12-/m0/s1. The largest absolute Gasteiger partial charge is 0.341 e. The quantitative estimate of drug-likeness (QED) is 0.692. The van der Waals surface area contributed by atoms with Crippen molar-refractivity contribution in [2.45, 2.75) is 38.5 Å². The van der Waals surface area contributed by atoms with E-state index >= 15 is 0 Å². The van der Waals surface area contributed by atoms with Gasteiger partial charge in [-0.05, 0) is 32.9 Å². The number of carbonyl (C=O) groups is 1. The molecule has 1 saturated carbocycles. The van der Waals surface area contributed by atoms with Crippen molar-refractivity contribution in [3.63, 3.8) is 0 Å². The highest BCUT2D eigenvalue weighted by Gasteiger charge is 2.46. The molecule has 0 aromatic rings. The molecule has 17 heavy (non-hydrogen) atoms. The molecule has 2 heterocycles. The monoisotopic (exact) mass is 236 g/mol. The molecule has 3 fully saturated rings. The average molecular weight is 236 g/mol. The van der Waals surface area contributed by atoms with Gasteiger partial charge in [0.25, 0.3) is 0 Å². The summed E-state index contributed by atoms with van der Waals surface area (Å²) in [4.78, 5) is 16.7. The van der Waals surface area contributed by atoms with Gasteiger partial charge < -0.3 is 9.80 Å². The van der Waals surface area contributed by atoms with Crippen LogP contribution in [0.1, 0.15) is 38.5 Å². The molecule has 1 aliphatic carbocycles. The molecule has 0 aromatic carbocycles. The molecule has 2 aliphatic heterocycles. The van der Waals surface area contributed by atoms with E-state index in [2.05, 4.69) is 16.8 Å². The van der Waals surface area contributed by atoms with Crippen LogP contribution in [0.15, 0.2) is 0 Å². The molecule has 3 aliphatic rings. The SMILES string of the molecule is CN1CC[C@H](C(=O)N2CC3(CCCCC3)C2)C1. The van der Waals surface area contributed by atoms with Crippen molar-refractivity contribution in [2.75, 3.05) is 33.2 Å². The molecule has 0 radical (unpaired) electrons. The summed E-state index contributed by atoms with van der Waals surface area (Å²) in [5.74, 6) is 0.728. The minimum Gasteiger partial charge on any atom is -0.341 e. The van der Waals surface area contributed by atoms with E-state index in [-0.39, 0.29) is 0 Å². The van der Waals surface area contributed by atoms with Gasteiger partial charge in [0.1, 0.15) is 0 Å². The molecular formula is C14H24N2O. The fourth-order valence-corrected chi connectivity index (χ4v) is 3.93. The lowest BCUT2D eigenvalue weighted by molar-refractivity contribution is -0.149. The first kappa shape index (κ1) is 11.5. The van der Waals surface area contributed by atoms with E-state index in [4.69, 9.17) is 0 Å². The summed E-state index contributed by atoms with van der Waals surface area (Å²) in [6, 6.07) is 0. The van der Waals surface area contributed by atoms with Crippen molar-refractivity contribution in [3.05, 3.63) is 0 Å². The second kappa shape index (κ2) is 4.27. The van der Waals surface area contributed by atoms with Gasteiger partial charge in [-0.25, -0.2) is 0 Å². The molecule has 96 valence electrons. The molecule has 0 unspecified atom stereocenters. The lowest BCUT2D eigenvalue weighted by atomic mass is 9.68. The smallest absolute Gasteiger partial charge is 0.227 e. The zero-order valence-electron chi connectivity index (χ0n) is 11.0. The molecule has 2 saturated heterocycles. The zero-order chi connectivity index (χ0) is 11.9. The highest BCUT2D eigenvalue weighted by Crippen LogP contribution is 2.44. The van der Waals surface area contributed by atoms with Crippen LogP contribution in [0.25, 0.3) is 0 Å². The lowest BCUT2D eigenvalue weighted by Crippen LogP contribution is -2.60. The van der Waals surface area contributed by atoms with Gasteiger partial charge >= 0.3 is 0 Å². The molecule has 0 bridgehead atoms. The van der Waals surface area contributed by atoms with Crippen LogP contribution in [0.2, 0.25) is 0 Å². The van der Waals surface area contributed by atoms with Crippen LogP contribution in [-0.4, -0.2) is 48.9 Å². The van der Waals surface area contributed by atoms with Gasteiger partial charge in [0.05, 0.1) is 5.92 Å². The van der Waals surface area contributed by atoms with Crippen molar-refractivity contribution >= 4 is 5.91 Å². The molecule has 0 aromatic heterocycles. The number of rotatable bonds is 1. The number of likely N-dealkylation sites (tertiary alicyclic amines) is 2. The Balaban J connectivity index is 1.53. The number of carbonyl (C=O) groups excluding carboxylic acids is 1. The number of amides is 1. The van der Waals surface area contributed by atoms with E-state index in [0.29, 0.717) is 17.2 Å². The van der Waals surface area contributed by atoms with Gasteiger partial charge in [-0.3, -0.25) is 4.79 Å². The van der Waals surface area contributed by atoms with E-state index in [1.165, 1.54) is 32.1 Å². The summed E-state index contributed by atoms with van der Waals surface area (Å²) >= 11 is 0. The Labute approximate surface area is 104 Å². The molecule has 1 atom stereocenters. The van der Waals surface area contributed by atoms with Crippen molar-refractivity contribution < 1.29 is 4.79 Å². The fourth-order valence-electron chi connectivity index (χ4n) is 3.93. The van der Waals surface area contributed by atoms with Crippen molar-refractivity contribution in [3.8, 4) is 0 Å². The molecule has 1 spiro atoms. The normalized spacial score (nSPS) is 32.8. The Morgan fingerprint density at radius 2 is 1.88 bits per heavy atom. The van der Waals surface area contributed by atoms with Gasteiger partial charge in [-0.1, -0.05) is 19.3 Å². The maximum Gasteiger partial charge on any atom is 0.227 e. The van der Waals surface area contributed by atoms with Crippen LogP contribution >= 0.6 is 0 Å². The average Bonchev–Trinajstić information content (AvgIpc) is 2.73. The Hall–Kier alpha value is -0.570. The van der Waals surface area contributed by atoms with E-state index in [1.54, 1.807) is 0 Å². The fraction of sp³-hybridized carbons (Fsp3) is 0.929. The van der Waals surface area contributed by atoms with E-state index in [0.717, 1.165) is 32.6 Å². The number of nitrogens with zero attached hydrogens (tertiary/aromatic N) is 2. The first-order valence-electron chi connectivity index (χ1n) is 7.16. The summed E-state index contributed by atoms with van der Waals surface area (Å²) in [5, 5.41) is 0. The van der Waals surface area contributed by atoms with Crippen LogP contribution < -0.4 is 0 Å². The lowest BCUT2D eigenvalue weighted by Gasteiger charge is -2.53. The van der Waals surface area contributed by atoms with Gasteiger partial charge in [-0.2, -0.15) is 0 Å². The van der Waals surface area contributed by atoms with Crippen LogP contribution in [0.3, 0.4) is 0 Å². The molecule has 0 N–H and O–H groups in total. The topological polar surface area (TPSA) is 23.6 Å². The van der Waals surface area contributed by atoms with Crippen molar-refractivity contribution in [1.82, 2.24) is 9.80 Å². The third kappa shape index (κ3) is 2.10. The van der Waals surface area contributed by atoms with Crippen LogP contribution in [-0.2, 0) is 4.79 Å². The zero-order valence-corrected chi connectivity index (χ0v) is 11.0. The van der Waals surface area contributed by atoms with Gasteiger partial charge in [0, 0.05) is 25.0 Å². The van der Waals surface area contributed by atoms with Gasteiger partial charge in [0.15, 0.2) is 0 Å². The summed E-state index contributed by atoms with van der Waals surface area (Å²) in [5.41, 5.74) is 0.540. The third-order valence-corrected chi connectivity index (χ3v) is 5.02. The molecule has 1 amide bonds. The van der Waals surface area contributed by atoms with Crippen molar-refractivity contribution in [1.29, 1.82) is 0 Å². The predicted octanol–water partition coefficient (Wildman–Crippen LogP) is 1.73. The Morgan fingerprint density at radius 1 is 1.18 bits per heavy atom. The number of hydrogen-bond donors (Lipinski definition) is 0. The van der Waals surface area contributed by atoms with Crippen LogP contribution in [0.5, 0.6) is 0 Å². The summed E-state index contributed by atoms with van der Waals surface area (Å²) in [7, 11) is 2.12. The Bertz CT molecular complexity index is 301. The van der Waals surface area contributed by atoms with E-state index in [9.17, 15) is 4.79 Å². The van der Waals surface area contributed by atoms with Gasteiger partial charge in [-0.15, -0.1) is 0 Å². The Morgan fingerprint density at radius 3 is 2.47 bits per heavy atom. The van der Waals surface area contributed by atoms with E-state index in [1.807, 2.05) is 0 Å². The third-order valence-electron chi connectivity index (χ3n) is 5.02. The number of hydrogen-bond acceptors (Lipinski definition) is 2. The van der Waals surface area contributed by atoms with Crippen LogP contribution in [0, 0.1) is 11.3 Å². The Kier molecular flexibility index (Phi) is 2.89. The highest BCUT2D eigenvalue weighted by atomic mass is 16.2. The minimum atomic E-state index is 0.293. The first-order valence-corrected chi connectivity index (χ1v) is 7.16.